The quantitative estimate of drug-likeness (QED) is 0.139. The van der Waals surface area contributed by atoms with Crippen molar-refractivity contribution >= 4 is 59.7 Å². The molecule has 1 aromatic carbocycles. The Hall–Kier alpha value is -3.28. The first-order valence-corrected chi connectivity index (χ1v) is 7.82. The minimum absolute atomic E-state index is 0. The second-order valence-electron chi connectivity index (χ2n) is 5.10. The van der Waals surface area contributed by atoms with Gasteiger partial charge >= 0.3 is 29.8 Å². The average molecular weight is 567 g/mol. The summed E-state index contributed by atoms with van der Waals surface area (Å²) in [6.07, 6.45) is -4.53. The van der Waals surface area contributed by atoms with E-state index in [0.717, 1.165) is 0 Å². The fourth-order valence-electron chi connectivity index (χ4n) is 1.37. The number of carbonyl (C=O) groups excluding carboxylic acids is 1. The summed E-state index contributed by atoms with van der Waals surface area (Å²) in [6, 6.07) is 5.48. The number of aliphatic carboxylic acids is 3. The van der Waals surface area contributed by atoms with Crippen molar-refractivity contribution in [3.8, 4) is 0 Å². The summed E-state index contributed by atoms with van der Waals surface area (Å²) in [5.74, 6) is -7.53. The van der Waals surface area contributed by atoms with Gasteiger partial charge in [0.1, 0.15) is 6.54 Å². The van der Waals surface area contributed by atoms with Crippen LogP contribution >= 0.6 is 0 Å². The predicted molar refractivity (Wildman–Crippen MR) is 103 cm³/mol. The van der Waals surface area contributed by atoms with Crippen LogP contribution in [0.4, 0.5) is 0 Å². The molecule has 2 unspecified atom stereocenters. The minimum Gasteiger partial charge on any atom is -0.480 e. The van der Waals surface area contributed by atoms with Gasteiger partial charge in [-0.15, -0.1) is 0 Å². The maximum Gasteiger partial charge on any atom is 0.336 e. The zero-order chi connectivity index (χ0) is 24.7. The van der Waals surface area contributed by atoms with Crippen molar-refractivity contribution in [1.82, 2.24) is 5.32 Å². The molecule has 0 aliphatic heterocycles. The van der Waals surface area contributed by atoms with Crippen LogP contribution in [0.2, 0.25) is 0 Å². The van der Waals surface area contributed by atoms with Crippen LogP contribution in [0.15, 0.2) is 24.3 Å². The first-order valence-electron chi connectivity index (χ1n) is 7.82. The molecule has 0 aromatic heterocycles. The summed E-state index contributed by atoms with van der Waals surface area (Å²) < 4.78 is 0. The summed E-state index contributed by atoms with van der Waals surface area (Å²) in [5, 5.41) is 59.7. The first-order chi connectivity index (χ1) is 14.3. The number of carboxylic acid groups (broad SMARTS) is 5. The first kappa shape index (κ1) is 33.4. The number of hydrogen-bond acceptors (Lipinski definition) is 9. The molecule has 1 rings (SSSR count). The monoisotopic (exact) mass is 568 g/mol. The third-order valence-corrected chi connectivity index (χ3v) is 2.82. The number of amides is 1. The van der Waals surface area contributed by atoms with E-state index in [0.29, 0.717) is 0 Å². The van der Waals surface area contributed by atoms with E-state index in [-0.39, 0.29) is 48.1 Å². The number of aromatic carboxylic acids is 2. The normalized spacial score (nSPS) is 10.8. The van der Waals surface area contributed by atoms with E-state index >= 15 is 0 Å². The molecule has 0 saturated carbocycles. The largest absolute Gasteiger partial charge is 0.480 e. The van der Waals surface area contributed by atoms with Gasteiger partial charge in [0.05, 0.1) is 17.7 Å². The number of rotatable bonds is 8. The van der Waals surface area contributed by atoms with Crippen LogP contribution in [-0.4, -0.2) is 121 Å². The predicted octanol–water partition coefficient (Wildman–Crippen LogP) is -3.27. The molecule has 0 aliphatic carbocycles. The van der Waals surface area contributed by atoms with Crippen molar-refractivity contribution in [1.29, 1.82) is 0 Å². The van der Waals surface area contributed by atoms with Gasteiger partial charge in [-0.2, -0.15) is 0 Å². The summed E-state index contributed by atoms with van der Waals surface area (Å²) in [7, 11) is 0. The molecule has 0 bridgehead atoms. The molecule has 176 valence electrons. The van der Waals surface area contributed by atoms with Crippen LogP contribution in [-0.2, 0) is 19.2 Å². The second kappa shape index (κ2) is 17.4. The Morgan fingerprint density at radius 2 is 1.12 bits per heavy atom. The molecule has 1 aromatic rings. The molecule has 0 heterocycles. The number of nitrogens with one attached hydrogen (secondary N) is 1. The molecule has 0 saturated heterocycles. The van der Waals surface area contributed by atoms with Gasteiger partial charge < -0.3 is 46.8 Å². The third kappa shape index (κ3) is 14.7. The van der Waals surface area contributed by atoms with Crippen molar-refractivity contribution in [3.63, 3.8) is 0 Å². The molecule has 1 amide bonds. The Morgan fingerprint density at radius 3 is 1.34 bits per heavy atom. The number of carboxylic acids is 5. The Kier molecular flexibility index (Phi) is 18.1. The molecule has 32 heavy (non-hydrogen) atoms. The third-order valence-electron chi connectivity index (χ3n) is 2.82. The van der Waals surface area contributed by atoms with Gasteiger partial charge in [-0.25, -0.2) is 19.2 Å². The number of aliphatic hydroxyl groups excluding tert-OH is 2. The van der Waals surface area contributed by atoms with E-state index in [2.05, 4.69) is 5.32 Å². The Balaban J connectivity index is -0.000000394. The maximum absolute atomic E-state index is 10.5. The fourth-order valence-corrected chi connectivity index (χ4v) is 1.37. The molecular formula is C16H20N2O13Sn. The molecule has 0 aliphatic rings. The zero-order valence-corrected chi connectivity index (χ0v) is 18.9. The molecule has 2 atom stereocenters. The van der Waals surface area contributed by atoms with Gasteiger partial charge in [0.25, 0.3) is 0 Å². The van der Waals surface area contributed by atoms with E-state index in [1.807, 2.05) is 0 Å². The standard InChI is InChI=1S/C8H6O4.C4H8N2O3.C4H6O6.Sn/c9-7(10)5-3-1-2-4-6(5)8(11)12;5-1-3(7)6-2-4(8)9;5-1(3(7)8)2(6)4(9)10;/h1-4H,(H,9,10)(H,11,12);1-2,5H2,(H,6,7)(H,8,9);1-2,5-6H,(H,7,8)(H,9,10);. The van der Waals surface area contributed by atoms with E-state index in [4.69, 9.17) is 41.5 Å². The van der Waals surface area contributed by atoms with Crippen molar-refractivity contribution < 1.29 is 64.5 Å². The summed E-state index contributed by atoms with van der Waals surface area (Å²) in [6.45, 7) is -0.538. The van der Waals surface area contributed by atoms with Gasteiger partial charge in [0, 0.05) is 23.9 Å². The summed E-state index contributed by atoms with van der Waals surface area (Å²) in [5.41, 5.74) is 4.47. The fraction of sp³-hybridized carbons (Fsp3) is 0.250. The number of benzene rings is 1. The summed E-state index contributed by atoms with van der Waals surface area (Å²) >= 11 is 0. The topological polar surface area (TPSA) is 282 Å². The number of hydrogen-bond donors (Lipinski definition) is 9. The van der Waals surface area contributed by atoms with Crippen LogP contribution in [0.25, 0.3) is 0 Å². The molecule has 4 radical (unpaired) electrons. The Bertz CT molecular complexity index is 764. The maximum atomic E-state index is 10.5. The van der Waals surface area contributed by atoms with E-state index in [1.165, 1.54) is 24.3 Å². The van der Waals surface area contributed by atoms with E-state index in [1.54, 1.807) is 0 Å². The van der Waals surface area contributed by atoms with Gasteiger partial charge in [-0.3, -0.25) is 9.59 Å². The van der Waals surface area contributed by atoms with Gasteiger partial charge in [0.2, 0.25) is 5.91 Å². The van der Waals surface area contributed by atoms with E-state index < -0.39 is 48.0 Å². The smallest absolute Gasteiger partial charge is 0.336 e. The van der Waals surface area contributed by atoms with Crippen molar-refractivity contribution in [2.75, 3.05) is 13.1 Å². The number of aliphatic hydroxyl groups is 2. The van der Waals surface area contributed by atoms with E-state index in [9.17, 15) is 28.8 Å². The summed E-state index contributed by atoms with van der Waals surface area (Å²) in [4.78, 5) is 60.5. The van der Waals surface area contributed by atoms with Gasteiger partial charge in [0.15, 0.2) is 12.2 Å². The van der Waals surface area contributed by atoms with Crippen LogP contribution in [0.3, 0.4) is 0 Å². The van der Waals surface area contributed by atoms with Crippen molar-refractivity contribution in [2.24, 2.45) is 5.73 Å². The molecule has 15 nitrogen and oxygen atoms in total. The van der Waals surface area contributed by atoms with Crippen LogP contribution in [0, 0.1) is 0 Å². The Labute approximate surface area is 196 Å². The molecule has 16 heteroatoms. The number of nitrogens with two attached hydrogens (primary N) is 1. The molecule has 0 fully saturated rings. The molecule has 0 spiro atoms. The second-order valence-corrected chi connectivity index (χ2v) is 5.10. The van der Waals surface area contributed by atoms with Gasteiger partial charge in [-0.1, -0.05) is 12.1 Å². The van der Waals surface area contributed by atoms with Gasteiger partial charge in [-0.05, 0) is 12.1 Å². The zero-order valence-electron chi connectivity index (χ0n) is 16.0. The minimum atomic E-state index is -2.27. The van der Waals surface area contributed by atoms with Crippen molar-refractivity contribution in [3.05, 3.63) is 35.4 Å². The molecular weight excluding hydrogens is 547 g/mol. The number of carbonyl (C=O) groups is 6. The van der Waals surface area contributed by atoms with Crippen LogP contribution in [0.5, 0.6) is 0 Å². The van der Waals surface area contributed by atoms with Crippen LogP contribution in [0.1, 0.15) is 20.7 Å². The van der Waals surface area contributed by atoms with Crippen molar-refractivity contribution in [2.45, 2.75) is 12.2 Å². The SMILES string of the molecule is NCC(=O)NCC(=O)O.O=C(O)C(O)C(O)C(=O)O.O=C(O)c1ccccc1C(=O)O.[Sn]. The van der Waals surface area contributed by atoms with Crippen LogP contribution < -0.4 is 11.1 Å². The average Bonchev–Trinajstić information content (AvgIpc) is 2.71. The molecule has 10 N–H and O–H groups in total. The Morgan fingerprint density at radius 1 is 0.781 bits per heavy atom.